The van der Waals surface area contributed by atoms with Crippen molar-refractivity contribution in [3.05, 3.63) is 191 Å². The van der Waals surface area contributed by atoms with Gasteiger partial charge in [-0.2, -0.15) is 0 Å². The van der Waals surface area contributed by atoms with Crippen molar-refractivity contribution in [3.8, 4) is 0 Å². The van der Waals surface area contributed by atoms with Gasteiger partial charge in [0.25, 0.3) is 0 Å². The van der Waals surface area contributed by atoms with Crippen molar-refractivity contribution in [1.82, 2.24) is 4.72 Å². The standard InChI is InChI=1S/C46H50BNO7SSi/c1-34-27-29-39(30-28-34)56(49,50)48-41(33-57(4,5)6)42-40(31-32-53-42)47-54-43(45(51-2,35-19-11-7-12-20-35)36-21-13-8-14-22-36)44(55-47)46(52-3,37-23-15-9-16-24-37)38-25-17-10-18-26-38/h7-32,41,43-44,48H,33H2,1-6H3/t41-,43+,44+/m0/s1. The molecule has 1 aliphatic rings. The number of sulfonamides is 1. The SMILES string of the molecule is COC(c1ccccc1)(c1ccccc1)[C@@H]1OB(c2ccoc2[C@H](C[Si](C)(C)C)NS(=O)(=O)c2ccc(C)cc2)O[C@H]1C(OC)(c1ccccc1)c1ccccc1. The quantitative estimate of drug-likeness (QED) is 0.104. The lowest BCUT2D eigenvalue weighted by molar-refractivity contribution is -0.136. The van der Waals surface area contributed by atoms with Gasteiger partial charge in [-0.05, 0) is 53.4 Å². The summed E-state index contributed by atoms with van der Waals surface area (Å²) >= 11 is 0. The highest BCUT2D eigenvalue weighted by molar-refractivity contribution is 7.89. The second-order valence-corrected chi connectivity index (χ2v) is 23.0. The third-order valence-corrected chi connectivity index (χ3v) is 13.9. The Kier molecular flexibility index (Phi) is 11.9. The molecule has 0 radical (unpaired) electrons. The molecule has 1 aliphatic heterocycles. The molecule has 0 spiro atoms. The van der Waals surface area contributed by atoms with Gasteiger partial charge in [0, 0.05) is 27.8 Å². The van der Waals surface area contributed by atoms with E-state index in [1.165, 1.54) is 0 Å². The smallest absolute Gasteiger partial charge is 0.468 e. The van der Waals surface area contributed by atoms with E-state index in [0.29, 0.717) is 17.3 Å². The van der Waals surface area contributed by atoms with Gasteiger partial charge in [0.2, 0.25) is 10.0 Å². The van der Waals surface area contributed by atoms with Gasteiger partial charge in [-0.15, -0.1) is 0 Å². The summed E-state index contributed by atoms with van der Waals surface area (Å²) in [6, 6.07) is 48.6. The second-order valence-electron chi connectivity index (χ2n) is 15.8. The van der Waals surface area contributed by atoms with Crippen LogP contribution in [0.5, 0.6) is 0 Å². The molecule has 0 bridgehead atoms. The number of hydrogen-bond donors (Lipinski definition) is 1. The fraction of sp³-hybridized carbons (Fsp3) is 0.261. The average Bonchev–Trinajstić information content (AvgIpc) is 3.89. The van der Waals surface area contributed by atoms with Crippen LogP contribution < -0.4 is 10.2 Å². The van der Waals surface area contributed by atoms with E-state index in [2.05, 4.69) is 24.4 Å². The summed E-state index contributed by atoms with van der Waals surface area (Å²) in [6.07, 6.45) is -0.118. The van der Waals surface area contributed by atoms with Crippen LogP contribution in [0.3, 0.4) is 0 Å². The highest BCUT2D eigenvalue weighted by atomic mass is 32.2. The average molecular weight is 800 g/mol. The summed E-state index contributed by atoms with van der Waals surface area (Å²) in [4.78, 5) is 0.182. The van der Waals surface area contributed by atoms with Crippen molar-refractivity contribution in [1.29, 1.82) is 0 Å². The van der Waals surface area contributed by atoms with Crippen LogP contribution in [0, 0.1) is 6.92 Å². The first-order chi connectivity index (χ1) is 27.4. The Bertz CT molecular complexity index is 2140. The molecule has 3 atom stereocenters. The zero-order chi connectivity index (χ0) is 40.3. The fourth-order valence-corrected chi connectivity index (χ4v) is 11.1. The van der Waals surface area contributed by atoms with Crippen molar-refractivity contribution in [2.24, 2.45) is 0 Å². The van der Waals surface area contributed by atoms with E-state index in [9.17, 15) is 8.42 Å². The van der Waals surface area contributed by atoms with Crippen LogP contribution in [-0.2, 0) is 40.0 Å². The number of nitrogens with one attached hydrogen (secondary N) is 1. The Morgan fingerprint density at radius 3 is 1.42 bits per heavy atom. The summed E-state index contributed by atoms with van der Waals surface area (Å²) in [7, 11) is -3.51. The predicted octanol–water partition coefficient (Wildman–Crippen LogP) is 8.61. The number of rotatable bonds is 15. The lowest BCUT2D eigenvalue weighted by atomic mass is 9.71. The summed E-state index contributed by atoms with van der Waals surface area (Å²) in [5.74, 6) is 0.433. The second kappa shape index (κ2) is 16.7. The van der Waals surface area contributed by atoms with Crippen molar-refractivity contribution in [2.45, 2.75) is 67.0 Å². The van der Waals surface area contributed by atoms with Crippen LogP contribution in [0.4, 0.5) is 0 Å². The first-order valence-corrected chi connectivity index (χ1v) is 24.4. The van der Waals surface area contributed by atoms with Crippen molar-refractivity contribution < 1.29 is 31.6 Å². The van der Waals surface area contributed by atoms with Gasteiger partial charge in [0.1, 0.15) is 29.2 Å². The topological polar surface area (TPSA) is 96.2 Å². The highest BCUT2D eigenvalue weighted by Gasteiger charge is 2.62. The third kappa shape index (κ3) is 7.98. The van der Waals surface area contributed by atoms with Crippen LogP contribution in [0.2, 0.25) is 25.7 Å². The predicted molar refractivity (Wildman–Crippen MR) is 228 cm³/mol. The Hall–Kier alpha value is -4.59. The van der Waals surface area contributed by atoms with Crippen molar-refractivity contribution in [3.63, 3.8) is 0 Å². The zero-order valence-electron chi connectivity index (χ0n) is 33.3. The molecule has 5 aromatic carbocycles. The molecule has 0 saturated carbocycles. The van der Waals surface area contributed by atoms with Gasteiger partial charge in [-0.25, -0.2) is 13.1 Å². The van der Waals surface area contributed by atoms with Crippen LogP contribution in [0.15, 0.2) is 167 Å². The summed E-state index contributed by atoms with van der Waals surface area (Å²) in [5, 5.41) is 0. The maximum Gasteiger partial charge on any atom is 0.498 e. The molecule has 11 heteroatoms. The van der Waals surface area contributed by atoms with E-state index in [4.69, 9.17) is 23.2 Å². The molecule has 6 aromatic rings. The molecule has 2 heterocycles. The first-order valence-electron chi connectivity index (χ1n) is 19.2. The normalized spacial score (nSPS) is 17.1. The molecule has 8 nitrogen and oxygen atoms in total. The number of aryl methyl sites for hydroxylation is 1. The molecular formula is C46H50BNO7SSi. The van der Waals surface area contributed by atoms with E-state index in [1.54, 1.807) is 44.7 Å². The van der Waals surface area contributed by atoms with E-state index < -0.39 is 54.7 Å². The number of benzene rings is 5. The third-order valence-electron chi connectivity index (χ3n) is 10.8. The highest BCUT2D eigenvalue weighted by Crippen LogP contribution is 2.50. The Labute approximate surface area is 338 Å². The van der Waals surface area contributed by atoms with Crippen LogP contribution >= 0.6 is 0 Å². The number of ether oxygens (including phenoxy) is 2. The maximum atomic E-state index is 14.0. The Balaban J connectivity index is 1.43. The minimum atomic E-state index is -3.94. The number of furan rings is 1. The van der Waals surface area contributed by atoms with Gasteiger partial charge >= 0.3 is 7.12 Å². The van der Waals surface area contributed by atoms with Crippen LogP contribution in [0.25, 0.3) is 0 Å². The van der Waals surface area contributed by atoms with Gasteiger partial charge in [-0.1, -0.05) is 159 Å². The van der Waals surface area contributed by atoms with E-state index in [0.717, 1.165) is 27.8 Å². The fourth-order valence-electron chi connectivity index (χ4n) is 8.22. The largest absolute Gasteiger partial charge is 0.498 e. The summed E-state index contributed by atoms with van der Waals surface area (Å²) < 4.78 is 65.6. The van der Waals surface area contributed by atoms with Gasteiger partial charge < -0.3 is 23.2 Å². The minimum absolute atomic E-state index is 0.182. The zero-order valence-corrected chi connectivity index (χ0v) is 35.1. The summed E-state index contributed by atoms with van der Waals surface area (Å²) in [5.41, 5.74) is 2.55. The molecule has 0 unspecified atom stereocenters. The lowest BCUT2D eigenvalue weighted by Gasteiger charge is -2.46. The van der Waals surface area contributed by atoms with Crippen molar-refractivity contribution in [2.75, 3.05) is 14.2 Å². The van der Waals surface area contributed by atoms with Crippen LogP contribution in [-0.4, -0.2) is 50.0 Å². The molecule has 0 amide bonds. The number of methoxy groups -OCH3 is 2. The molecule has 1 saturated heterocycles. The van der Waals surface area contributed by atoms with Gasteiger partial charge in [0.05, 0.1) is 17.2 Å². The van der Waals surface area contributed by atoms with Crippen LogP contribution in [0.1, 0.15) is 39.6 Å². The van der Waals surface area contributed by atoms with E-state index >= 15 is 0 Å². The van der Waals surface area contributed by atoms with Crippen molar-refractivity contribution >= 4 is 30.7 Å². The molecule has 294 valence electrons. The molecular weight excluding hydrogens is 749 g/mol. The monoisotopic (exact) mass is 799 g/mol. The molecule has 1 fully saturated rings. The maximum absolute atomic E-state index is 14.0. The molecule has 1 aromatic heterocycles. The van der Waals surface area contributed by atoms with Gasteiger partial charge in [-0.3, -0.25) is 0 Å². The first kappa shape index (κ1) is 40.6. The molecule has 57 heavy (non-hydrogen) atoms. The number of hydrogen-bond acceptors (Lipinski definition) is 7. The molecule has 0 aliphatic carbocycles. The Morgan fingerprint density at radius 1 is 0.649 bits per heavy atom. The molecule has 1 N–H and O–H groups in total. The molecule has 7 rings (SSSR count). The summed E-state index contributed by atoms with van der Waals surface area (Å²) in [6.45, 7) is 8.54. The minimum Gasteiger partial charge on any atom is -0.468 e. The lowest BCUT2D eigenvalue weighted by Crippen LogP contribution is -2.56. The van der Waals surface area contributed by atoms with E-state index in [-0.39, 0.29) is 4.90 Å². The Morgan fingerprint density at radius 2 is 1.05 bits per heavy atom. The van der Waals surface area contributed by atoms with E-state index in [1.807, 2.05) is 134 Å². The van der Waals surface area contributed by atoms with Gasteiger partial charge in [0.15, 0.2) is 0 Å².